The molecule has 4 aromatic carbocycles. The maximum Gasteiger partial charge on any atom is 0.344 e. The summed E-state index contributed by atoms with van der Waals surface area (Å²) in [7, 11) is 0. The minimum absolute atomic E-state index is 0.115. The Kier molecular flexibility index (Phi) is 15.0. The fourth-order valence-electron chi connectivity index (χ4n) is 7.90. The zero-order chi connectivity index (χ0) is 44.0. The summed E-state index contributed by atoms with van der Waals surface area (Å²) in [5, 5.41) is 0. The fourth-order valence-corrected chi connectivity index (χ4v) is 7.90. The van der Waals surface area contributed by atoms with Gasteiger partial charge in [0, 0.05) is 42.5 Å². The van der Waals surface area contributed by atoms with Gasteiger partial charge < -0.3 is 29.4 Å². The molecule has 60 heavy (non-hydrogen) atoms. The molecule has 0 unspecified atom stereocenters. The van der Waals surface area contributed by atoms with Gasteiger partial charge in [0.1, 0.15) is 23.0 Å². The number of rotatable bonds is 13. The number of hydrogen-bond acceptors (Lipinski definition) is 7. The van der Waals surface area contributed by atoms with Crippen molar-refractivity contribution < 1.29 is 28.5 Å². The average molecular weight is 820 g/mol. The van der Waals surface area contributed by atoms with Crippen LogP contribution >= 0.6 is 0 Å². The zero-order valence-corrected chi connectivity index (χ0v) is 39.1. The van der Waals surface area contributed by atoms with Crippen molar-refractivity contribution >= 4 is 11.7 Å². The lowest BCUT2D eigenvalue weighted by Crippen LogP contribution is -2.18. The molecule has 326 valence electrons. The molecule has 0 radical (unpaired) electrons. The van der Waals surface area contributed by atoms with Crippen LogP contribution in [0, 0.1) is 0 Å². The van der Waals surface area contributed by atoms with Crippen LogP contribution in [0.2, 0.25) is 0 Å². The number of benzene rings is 4. The molecule has 0 saturated heterocycles. The number of nitrogen functional groups attached to an aromatic ring is 1. The van der Waals surface area contributed by atoms with Crippen molar-refractivity contribution in [1.82, 2.24) is 0 Å². The number of hydrogen-bond donors (Lipinski definition) is 1. The predicted octanol–water partition coefficient (Wildman–Crippen LogP) is 12.1. The molecular formula is C53H73NO6. The van der Waals surface area contributed by atoms with E-state index in [4.69, 9.17) is 29.4 Å². The highest BCUT2D eigenvalue weighted by Crippen LogP contribution is 2.44. The first-order valence-electron chi connectivity index (χ1n) is 22.3. The fraction of sp³-hybridized carbons (Fsp3) is 0.528. The quantitative estimate of drug-likeness (QED) is 0.0934. The van der Waals surface area contributed by atoms with Gasteiger partial charge in [-0.3, -0.25) is 0 Å². The Hall–Kier alpha value is -4.65. The minimum Gasteiger partial charge on any atom is -0.493 e. The number of carbonyl (C=O) groups is 1. The van der Waals surface area contributed by atoms with E-state index in [1.807, 2.05) is 12.1 Å². The second kappa shape index (κ2) is 19.4. The predicted molar refractivity (Wildman–Crippen MR) is 247 cm³/mol. The largest absolute Gasteiger partial charge is 0.493 e. The van der Waals surface area contributed by atoms with Crippen LogP contribution in [-0.4, -0.2) is 39.0 Å². The first-order chi connectivity index (χ1) is 28.3. The summed E-state index contributed by atoms with van der Waals surface area (Å²) in [5.74, 6) is 2.90. The Morgan fingerprint density at radius 3 is 0.983 bits per heavy atom. The minimum atomic E-state index is -0.418. The van der Waals surface area contributed by atoms with E-state index in [-0.39, 0.29) is 29.5 Å². The summed E-state index contributed by atoms with van der Waals surface area (Å²) in [5.41, 5.74) is 19.1. The molecular weight excluding hydrogens is 747 g/mol. The van der Waals surface area contributed by atoms with Crippen LogP contribution in [0.5, 0.6) is 23.0 Å². The topological polar surface area (TPSA) is 89.2 Å². The number of nitrogens with two attached hydrogens (primary N) is 1. The van der Waals surface area contributed by atoms with Crippen LogP contribution in [-0.2, 0) is 51.5 Å². The molecule has 0 aromatic heterocycles. The highest BCUT2D eigenvalue weighted by Gasteiger charge is 2.28. The Labute approximate surface area is 361 Å². The molecule has 0 heterocycles. The lowest BCUT2D eigenvalue weighted by molar-refractivity contribution is -0.145. The normalized spacial score (nSPS) is 13.2. The maximum absolute atomic E-state index is 12.9. The zero-order valence-electron chi connectivity index (χ0n) is 39.1. The summed E-state index contributed by atoms with van der Waals surface area (Å²) >= 11 is 0. The molecule has 2 N–H and O–H groups in total. The van der Waals surface area contributed by atoms with Crippen molar-refractivity contribution in [1.29, 1.82) is 0 Å². The van der Waals surface area contributed by atoms with Gasteiger partial charge in [0.2, 0.25) is 0 Å². The van der Waals surface area contributed by atoms with Crippen molar-refractivity contribution in [2.24, 2.45) is 0 Å². The van der Waals surface area contributed by atoms with E-state index in [2.05, 4.69) is 119 Å². The number of fused-ring (bicyclic) bond motifs is 8. The molecule has 0 saturated carbocycles. The van der Waals surface area contributed by atoms with Crippen LogP contribution in [0.4, 0.5) is 5.69 Å². The molecule has 1 aliphatic carbocycles. The second-order valence-electron chi connectivity index (χ2n) is 19.6. The van der Waals surface area contributed by atoms with Gasteiger partial charge in [-0.05, 0) is 105 Å². The first kappa shape index (κ1) is 46.4. The van der Waals surface area contributed by atoms with E-state index >= 15 is 0 Å². The summed E-state index contributed by atoms with van der Waals surface area (Å²) in [4.78, 5) is 12.9. The van der Waals surface area contributed by atoms with Gasteiger partial charge in [0.05, 0.1) is 26.4 Å². The van der Waals surface area contributed by atoms with E-state index < -0.39 is 5.97 Å². The van der Waals surface area contributed by atoms with Crippen molar-refractivity contribution in [2.45, 2.75) is 151 Å². The molecule has 1 aliphatic rings. The number of esters is 1. The number of ether oxygens (including phenoxy) is 5. The van der Waals surface area contributed by atoms with Gasteiger partial charge in [-0.25, -0.2) is 4.79 Å². The lowest BCUT2D eigenvalue weighted by atomic mass is 9.80. The van der Waals surface area contributed by atoms with E-state index in [0.717, 1.165) is 81.0 Å². The van der Waals surface area contributed by atoms with Crippen LogP contribution in [0.15, 0.2) is 48.5 Å². The smallest absolute Gasteiger partial charge is 0.344 e. The SMILES string of the molecule is CCCOc1c2cc(C(C)(C)C)cc1Cc1cc(C(C)(C)C)cc(c1OCCC)Cc1cc(N)cc(c1OCC(=O)OCC)Cc1cc(C(C)(C)C)cc(c1OCCC)C2. The highest BCUT2D eigenvalue weighted by atomic mass is 16.6. The van der Waals surface area contributed by atoms with Gasteiger partial charge in [-0.15, -0.1) is 0 Å². The van der Waals surface area contributed by atoms with Gasteiger partial charge in [0.25, 0.3) is 0 Å². The van der Waals surface area contributed by atoms with Gasteiger partial charge in [-0.1, -0.05) is 119 Å². The van der Waals surface area contributed by atoms with Crippen molar-refractivity contribution in [3.05, 3.63) is 110 Å². The highest BCUT2D eigenvalue weighted by molar-refractivity contribution is 5.71. The van der Waals surface area contributed by atoms with Crippen molar-refractivity contribution in [3.63, 3.8) is 0 Å². The molecule has 7 nitrogen and oxygen atoms in total. The van der Waals surface area contributed by atoms with E-state index in [1.54, 1.807) is 6.92 Å². The summed E-state index contributed by atoms with van der Waals surface area (Å²) in [6.45, 7) is 30.5. The molecule has 7 heteroatoms. The van der Waals surface area contributed by atoms with Gasteiger partial charge in [0.15, 0.2) is 6.61 Å². The number of carbonyl (C=O) groups excluding carboxylic acids is 1. The van der Waals surface area contributed by atoms with E-state index in [9.17, 15) is 4.79 Å². The lowest BCUT2D eigenvalue weighted by Gasteiger charge is -2.28. The summed E-state index contributed by atoms with van der Waals surface area (Å²) in [6.07, 6.45) is 4.81. The van der Waals surface area contributed by atoms with Crippen LogP contribution in [0.3, 0.4) is 0 Å². The molecule has 4 aromatic rings. The van der Waals surface area contributed by atoms with Crippen LogP contribution in [0.25, 0.3) is 0 Å². The van der Waals surface area contributed by atoms with E-state index in [0.29, 0.717) is 56.9 Å². The molecule has 0 aliphatic heterocycles. The third-order valence-electron chi connectivity index (χ3n) is 11.1. The monoisotopic (exact) mass is 820 g/mol. The Morgan fingerprint density at radius 2 is 0.733 bits per heavy atom. The van der Waals surface area contributed by atoms with Crippen LogP contribution < -0.4 is 24.7 Å². The average Bonchev–Trinajstić information content (AvgIpc) is 3.15. The molecule has 0 amide bonds. The van der Waals surface area contributed by atoms with Crippen LogP contribution in [0.1, 0.15) is 170 Å². The Bertz CT molecular complexity index is 2000. The Balaban J connectivity index is 1.96. The second-order valence-corrected chi connectivity index (χ2v) is 19.6. The van der Waals surface area contributed by atoms with Gasteiger partial charge in [-0.2, -0.15) is 0 Å². The molecule has 0 atom stereocenters. The Morgan fingerprint density at radius 1 is 0.467 bits per heavy atom. The third kappa shape index (κ3) is 11.4. The van der Waals surface area contributed by atoms with Crippen molar-refractivity contribution in [3.8, 4) is 23.0 Å². The van der Waals surface area contributed by atoms with E-state index in [1.165, 1.54) is 16.7 Å². The third-order valence-corrected chi connectivity index (χ3v) is 11.1. The number of anilines is 1. The maximum atomic E-state index is 12.9. The standard InChI is InChI=1S/C53H73NO6/c1-14-18-57-47-34-21-36-27-43(52(8,9)10)29-38(48(36)58-19-15-2)23-40-31-45(54)32-41(50(40)60-33-46(55)56-17-4)24-39-30-44(53(11,12)13)28-37(49(39)59-20-16-3)22-35(47)26-42(25-34)51(5,6)7/h25-32H,14-24,33,54H2,1-13H3. The molecule has 5 rings (SSSR count). The molecule has 8 bridgehead atoms. The first-order valence-corrected chi connectivity index (χ1v) is 22.3. The van der Waals surface area contributed by atoms with Gasteiger partial charge >= 0.3 is 5.97 Å². The van der Waals surface area contributed by atoms with Crippen molar-refractivity contribution in [2.75, 3.05) is 38.8 Å². The summed E-state index contributed by atoms with van der Waals surface area (Å²) < 4.78 is 32.5. The summed E-state index contributed by atoms with van der Waals surface area (Å²) in [6, 6.07) is 18.0. The molecule has 0 spiro atoms. The molecule has 0 fully saturated rings.